The van der Waals surface area contributed by atoms with Crippen LogP contribution in [0.1, 0.15) is 33.3 Å². The Morgan fingerprint density at radius 2 is 1.71 bits per heavy atom. The van der Waals surface area contributed by atoms with Crippen LogP contribution in [0.15, 0.2) is 29.7 Å². The topological polar surface area (TPSA) is 53.7 Å². The molecule has 2 rings (SSSR count). The molecular weight excluding hydrogens is 322 g/mol. The number of ether oxygens (including phenoxy) is 1. The van der Waals surface area contributed by atoms with E-state index in [4.69, 9.17) is 15.0 Å². The maximum atomic E-state index is 12.5. The predicted molar refractivity (Wildman–Crippen MR) is 86.2 cm³/mol. The number of hydrogen-bond acceptors (Lipinski definition) is 4. The Morgan fingerprint density at radius 1 is 1.17 bits per heavy atom. The lowest BCUT2D eigenvalue weighted by molar-refractivity contribution is -0.274. The Hall–Kier alpha value is -1.51. The molecule has 0 bridgehead atoms. The van der Waals surface area contributed by atoms with Gasteiger partial charge in [0, 0.05) is 12.1 Å². The number of nitrogens with two attached hydrogens (primary N) is 1. The van der Waals surface area contributed by atoms with Crippen molar-refractivity contribution < 1.29 is 27.2 Å². The van der Waals surface area contributed by atoms with E-state index < -0.39 is 24.7 Å². The van der Waals surface area contributed by atoms with Crippen LogP contribution in [0.25, 0.3) is 6.08 Å². The first-order valence-electron chi connectivity index (χ1n) is 7.56. The van der Waals surface area contributed by atoms with E-state index in [1.54, 1.807) is 6.07 Å². The average Bonchev–Trinajstić information content (AvgIpc) is 2.64. The third-order valence-corrected chi connectivity index (χ3v) is 4.28. The maximum absolute atomic E-state index is 12.5. The van der Waals surface area contributed by atoms with Crippen LogP contribution in [0.4, 0.5) is 13.2 Å². The Morgan fingerprint density at radius 3 is 2.21 bits per heavy atom. The molecule has 0 spiro atoms. The second-order valence-corrected chi connectivity index (χ2v) is 6.60. The summed E-state index contributed by atoms with van der Waals surface area (Å²) in [4.78, 5) is 0. The summed E-state index contributed by atoms with van der Waals surface area (Å²) < 4.78 is 53.4. The van der Waals surface area contributed by atoms with E-state index in [1.807, 2.05) is 27.7 Å². The molecule has 0 aromatic heterocycles. The van der Waals surface area contributed by atoms with E-state index in [0.29, 0.717) is 5.47 Å². The van der Waals surface area contributed by atoms with Crippen molar-refractivity contribution in [1.82, 2.24) is 0 Å². The Labute approximate surface area is 139 Å². The van der Waals surface area contributed by atoms with Crippen LogP contribution in [-0.2, 0) is 9.31 Å². The van der Waals surface area contributed by atoms with Gasteiger partial charge in [-0.25, -0.2) is 0 Å². The molecule has 0 amide bonds. The van der Waals surface area contributed by atoms with Gasteiger partial charge in [-0.3, -0.25) is 0 Å². The van der Waals surface area contributed by atoms with Crippen molar-refractivity contribution in [3.05, 3.63) is 35.3 Å². The second kappa shape index (κ2) is 6.42. The summed E-state index contributed by atoms with van der Waals surface area (Å²) in [6.07, 6.45) is -3.25. The van der Waals surface area contributed by atoms with Crippen molar-refractivity contribution in [2.24, 2.45) is 5.73 Å². The number of alkyl halides is 3. The summed E-state index contributed by atoms with van der Waals surface area (Å²) in [7, 11) is -0.723. The quantitative estimate of drug-likeness (QED) is 0.850. The van der Waals surface area contributed by atoms with Gasteiger partial charge in [0.05, 0.1) is 11.2 Å². The minimum Gasteiger partial charge on any atom is -0.405 e. The number of hydrogen-bond donors (Lipinski definition) is 1. The van der Waals surface area contributed by atoms with E-state index in [-0.39, 0.29) is 17.9 Å². The molecule has 2 N–H and O–H groups in total. The van der Waals surface area contributed by atoms with Crippen LogP contribution in [-0.4, -0.2) is 31.2 Å². The third-order valence-electron chi connectivity index (χ3n) is 4.28. The number of halogens is 3. The molecule has 0 unspecified atom stereocenters. The zero-order valence-corrected chi connectivity index (χ0v) is 14.1. The maximum Gasteiger partial charge on any atom is 0.573 e. The minimum absolute atomic E-state index is 0.0805. The first kappa shape index (κ1) is 18.8. The van der Waals surface area contributed by atoms with Gasteiger partial charge in [-0.15, -0.1) is 13.2 Å². The standard InChI is InChI=1S/C16H21BF3NO3/c1-14(2)15(3,4)24-17(23-14)12(10-21)9-11-7-5-6-8-13(11)22-16(18,19)20/h5-9H,10,21H2,1-4H3. The van der Waals surface area contributed by atoms with Crippen molar-refractivity contribution in [3.63, 3.8) is 0 Å². The monoisotopic (exact) mass is 343 g/mol. The highest BCUT2D eigenvalue weighted by Crippen LogP contribution is 2.39. The Kier molecular flexibility index (Phi) is 5.04. The van der Waals surface area contributed by atoms with Gasteiger partial charge in [0.2, 0.25) is 0 Å². The van der Waals surface area contributed by atoms with Gasteiger partial charge in [0.15, 0.2) is 0 Å². The first-order chi connectivity index (χ1) is 11.0. The average molecular weight is 343 g/mol. The lowest BCUT2D eigenvalue weighted by Gasteiger charge is -2.32. The molecule has 132 valence electrons. The highest BCUT2D eigenvalue weighted by Gasteiger charge is 2.52. The van der Waals surface area contributed by atoms with Crippen LogP contribution in [0.5, 0.6) is 5.75 Å². The van der Waals surface area contributed by atoms with Crippen molar-refractivity contribution in [3.8, 4) is 5.75 Å². The van der Waals surface area contributed by atoms with Crippen molar-refractivity contribution in [2.45, 2.75) is 45.3 Å². The molecular formula is C16H21BF3NO3. The SMILES string of the molecule is CC1(C)OB(C(=Cc2ccccc2OC(F)(F)F)CN)OC1(C)C. The molecule has 1 heterocycles. The van der Waals surface area contributed by atoms with Gasteiger partial charge in [0.25, 0.3) is 0 Å². The van der Waals surface area contributed by atoms with Crippen molar-refractivity contribution in [1.29, 1.82) is 0 Å². The molecule has 0 atom stereocenters. The third kappa shape index (κ3) is 4.12. The lowest BCUT2D eigenvalue weighted by Crippen LogP contribution is -2.41. The van der Waals surface area contributed by atoms with Crippen LogP contribution >= 0.6 is 0 Å². The molecule has 8 heteroatoms. The Bertz CT molecular complexity index is 613. The molecule has 4 nitrogen and oxygen atoms in total. The fraction of sp³-hybridized carbons (Fsp3) is 0.500. The van der Waals surface area contributed by atoms with E-state index >= 15 is 0 Å². The summed E-state index contributed by atoms with van der Waals surface area (Å²) in [5.41, 5.74) is 5.43. The van der Waals surface area contributed by atoms with E-state index in [0.717, 1.165) is 0 Å². The summed E-state index contributed by atoms with van der Waals surface area (Å²) in [6.45, 7) is 7.64. The van der Waals surface area contributed by atoms with E-state index in [1.165, 1.54) is 24.3 Å². The zero-order chi connectivity index (χ0) is 18.2. The highest BCUT2D eigenvalue weighted by atomic mass is 19.4. The lowest BCUT2D eigenvalue weighted by atomic mass is 9.77. The normalized spacial score (nSPS) is 20.3. The van der Waals surface area contributed by atoms with E-state index in [9.17, 15) is 13.2 Å². The van der Waals surface area contributed by atoms with Gasteiger partial charge < -0.3 is 19.8 Å². The second-order valence-electron chi connectivity index (χ2n) is 6.60. The number of para-hydroxylation sites is 1. The predicted octanol–water partition coefficient (Wildman–Crippen LogP) is 3.56. The molecule has 1 aliphatic rings. The molecule has 0 aliphatic carbocycles. The van der Waals surface area contributed by atoms with Gasteiger partial charge in [-0.2, -0.15) is 0 Å². The molecule has 1 saturated heterocycles. The van der Waals surface area contributed by atoms with Crippen LogP contribution in [0, 0.1) is 0 Å². The summed E-state index contributed by atoms with van der Waals surface area (Å²) in [6, 6.07) is 5.85. The van der Waals surface area contributed by atoms with E-state index in [2.05, 4.69) is 4.74 Å². The van der Waals surface area contributed by atoms with Crippen molar-refractivity contribution >= 4 is 13.2 Å². The smallest absolute Gasteiger partial charge is 0.405 e. The largest absolute Gasteiger partial charge is 0.573 e. The van der Waals surface area contributed by atoms with Crippen LogP contribution in [0.3, 0.4) is 0 Å². The molecule has 1 fully saturated rings. The zero-order valence-electron chi connectivity index (χ0n) is 14.1. The van der Waals surface area contributed by atoms with Crippen LogP contribution in [0.2, 0.25) is 0 Å². The van der Waals surface area contributed by atoms with Crippen LogP contribution < -0.4 is 10.5 Å². The van der Waals surface area contributed by atoms with Gasteiger partial charge in [0.1, 0.15) is 5.75 Å². The molecule has 24 heavy (non-hydrogen) atoms. The van der Waals surface area contributed by atoms with Gasteiger partial charge >= 0.3 is 13.5 Å². The van der Waals surface area contributed by atoms with Gasteiger partial charge in [-0.05, 0) is 39.2 Å². The van der Waals surface area contributed by atoms with Gasteiger partial charge in [-0.1, -0.05) is 24.3 Å². The molecule has 0 saturated carbocycles. The summed E-state index contributed by atoms with van der Waals surface area (Å²) >= 11 is 0. The summed E-state index contributed by atoms with van der Waals surface area (Å²) in [5.74, 6) is -0.299. The minimum atomic E-state index is -4.77. The molecule has 1 aromatic carbocycles. The summed E-state index contributed by atoms with van der Waals surface area (Å²) in [5, 5.41) is 0. The first-order valence-corrected chi connectivity index (χ1v) is 7.56. The fourth-order valence-corrected chi connectivity index (χ4v) is 2.23. The molecule has 1 aromatic rings. The Balaban J connectivity index is 2.33. The highest BCUT2D eigenvalue weighted by molar-refractivity contribution is 6.55. The van der Waals surface area contributed by atoms with Crippen molar-refractivity contribution in [2.75, 3.05) is 6.54 Å². The number of rotatable bonds is 4. The molecule has 1 aliphatic heterocycles. The molecule has 0 radical (unpaired) electrons. The fourth-order valence-electron chi connectivity index (χ4n) is 2.23. The number of benzene rings is 1.